The molecule has 2 aliphatic rings. The maximum atomic E-state index is 13.0. The number of nitrogens with zero attached hydrogens (tertiary/aromatic N) is 6. The Morgan fingerprint density at radius 1 is 1.10 bits per heavy atom. The van der Waals surface area contributed by atoms with Crippen molar-refractivity contribution in [2.75, 3.05) is 19.7 Å². The lowest BCUT2D eigenvalue weighted by molar-refractivity contribution is 0.0674. The number of ether oxygens (including phenoxy) is 1. The van der Waals surface area contributed by atoms with Crippen LogP contribution in [0.1, 0.15) is 29.6 Å². The predicted octanol–water partition coefficient (Wildman–Crippen LogP) is 1.84. The molecule has 3 aromatic heterocycles. The zero-order chi connectivity index (χ0) is 21.2. The van der Waals surface area contributed by atoms with Gasteiger partial charge in [-0.25, -0.2) is 9.36 Å². The number of pyridine rings is 1. The zero-order valence-electron chi connectivity index (χ0n) is 17.2. The molecule has 1 amide bonds. The van der Waals surface area contributed by atoms with E-state index in [0.29, 0.717) is 43.6 Å². The van der Waals surface area contributed by atoms with Gasteiger partial charge in [0.25, 0.3) is 11.5 Å². The molecule has 0 aliphatic carbocycles. The Balaban J connectivity index is 1.24. The minimum Gasteiger partial charge on any atom is -0.477 e. The molecule has 9 nitrogen and oxygen atoms in total. The fraction of sp³-hybridized carbons (Fsp3) is 0.409. The SMILES string of the molecule is O=C(c1cnn2c1OCCC2)N1CCC(Cn2nc(-c3ccncc3)ccc2=O)CC1. The molecule has 3 aromatic rings. The Morgan fingerprint density at radius 2 is 1.90 bits per heavy atom. The van der Waals surface area contributed by atoms with E-state index in [9.17, 15) is 9.59 Å². The number of hydrogen-bond donors (Lipinski definition) is 0. The Morgan fingerprint density at radius 3 is 2.71 bits per heavy atom. The van der Waals surface area contributed by atoms with Crippen LogP contribution in [0.3, 0.4) is 0 Å². The van der Waals surface area contributed by atoms with Crippen LogP contribution < -0.4 is 10.3 Å². The molecule has 0 N–H and O–H groups in total. The maximum Gasteiger partial charge on any atom is 0.266 e. The molecule has 0 bridgehead atoms. The molecule has 1 fully saturated rings. The van der Waals surface area contributed by atoms with E-state index in [1.54, 1.807) is 40.1 Å². The summed E-state index contributed by atoms with van der Waals surface area (Å²) in [6.45, 7) is 3.24. The molecule has 5 rings (SSSR count). The number of fused-ring (bicyclic) bond motifs is 1. The molecule has 31 heavy (non-hydrogen) atoms. The number of piperidine rings is 1. The van der Waals surface area contributed by atoms with Crippen LogP contribution in [0.4, 0.5) is 0 Å². The average Bonchev–Trinajstić information content (AvgIpc) is 3.25. The third kappa shape index (κ3) is 3.95. The van der Waals surface area contributed by atoms with E-state index in [-0.39, 0.29) is 11.5 Å². The summed E-state index contributed by atoms with van der Waals surface area (Å²) >= 11 is 0. The topological polar surface area (TPSA) is 95.1 Å². The second-order valence-corrected chi connectivity index (χ2v) is 8.00. The van der Waals surface area contributed by atoms with Gasteiger partial charge in [0.15, 0.2) is 0 Å². The molecule has 0 atom stereocenters. The minimum absolute atomic E-state index is 0.0309. The summed E-state index contributed by atoms with van der Waals surface area (Å²) in [5.74, 6) is 0.845. The standard InChI is InChI=1S/C22H24N6O3/c29-20-3-2-19(17-4-8-23-9-5-17)25-28(20)15-16-6-11-26(12-7-16)21(30)18-14-24-27-10-1-13-31-22(18)27/h2-5,8-9,14,16H,1,6-7,10-13,15H2. The molecule has 0 spiro atoms. The van der Waals surface area contributed by atoms with E-state index in [1.807, 2.05) is 17.0 Å². The van der Waals surface area contributed by atoms with Crippen molar-refractivity contribution in [1.82, 2.24) is 29.4 Å². The zero-order valence-corrected chi connectivity index (χ0v) is 17.2. The maximum absolute atomic E-state index is 13.0. The third-order valence-electron chi connectivity index (χ3n) is 5.95. The van der Waals surface area contributed by atoms with Crippen LogP contribution >= 0.6 is 0 Å². The van der Waals surface area contributed by atoms with Crippen molar-refractivity contribution < 1.29 is 9.53 Å². The minimum atomic E-state index is -0.111. The summed E-state index contributed by atoms with van der Waals surface area (Å²) in [6.07, 6.45) is 7.59. The van der Waals surface area contributed by atoms with Gasteiger partial charge < -0.3 is 9.64 Å². The van der Waals surface area contributed by atoms with E-state index in [2.05, 4.69) is 15.2 Å². The molecular weight excluding hydrogens is 396 g/mol. The van der Waals surface area contributed by atoms with E-state index < -0.39 is 0 Å². The van der Waals surface area contributed by atoms with Gasteiger partial charge in [-0.1, -0.05) is 0 Å². The molecule has 0 saturated carbocycles. The quantitative estimate of drug-likeness (QED) is 0.639. The van der Waals surface area contributed by atoms with E-state index in [0.717, 1.165) is 37.1 Å². The summed E-state index contributed by atoms with van der Waals surface area (Å²) in [6, 6.07) is 7.05. The van der Waals surface area contributed by atoms with Crippen LogP contribution in [0, 0.1) is 5.92 Å². The second kappa shape index (κ2) is 8.33. The number of likely N-dealkylation sites (tertiary alicyclic amines) is 1. The van der Waals surface area contributed by atoms with E-state index >= 15 is 0 Å². The number of amides is 1. The number of aromatic nitrogens is 5. The van der Waals surface area contributed by atoms with Crippen LogP contribution in [0.25, 0.3) is 11.3 Å². The first kappa shape index (κ1) is 19.5. The smallest absolute Gasteiger partial charge is 0.266 e. The number of carbonyl (C=O) groups excluding carboxylic acids is 1. The largest absolute Gasteiger partial charge is 0.477 e. The Labute approximate surface area is 179 Å². The summed E-state index contributed by atoms with van der Waals surface area (Å²) in [4.78, 5) is 31.2. The average molecular weight is 420 g/mol. The van der Waals surface area contributed by atoms with Crippen LogP contribution in [-0.4, -0.2) is 55.0 Å². The van der Waals surface area contributed by atoms with Crippen molar-refractivity contribution in [3.63, 3.8) is 0 Å². The van der Waals surface area contributed by atoms with Gasteiger partial charge in [0.2, 0.25) is 5.88 Å². The van der Waals surface area contributed by atoms with Gasteiger partial charge in [0.1, 0.15) is 5.56 Å². The Hall–Kier alpha value is -3.49. The van der Waals surface area contributed by atoms with E-state index in [1.165, 1.54) is 0 Å². The Kier molecular flexibility index (Phi) is 5.23. The van der Waals surface area contributed by atoms with Crippen molar-refractivity contribution in [3.05, 3.63) is 58.8 Å². The lowest BCUT2D eigenvalue weighted by Gasteiger charge is -2.32. The molecule has 5 heterocycles. The third-order valence-corrected chi connectivity index (χ3v) is 5.95. The predicted molar refractivity (Wildman–Crippen MR) is 113 cm³/mol. The molecule has 1 saturated heterocycles. The van der Waals surface area contributed by atoms with Gasteiger partial charge in [-0.15, -0.1) is 0 Å². The number of rotatable bonds is 4. The van der Waals surface area contributed by atoms with Crippen LogP contribution in [-0.2, 0) is 13.1 Å². The fourth-order valence-electron chi connectivity index (χ4n) is 4.21. The lowest BCUT2D eigenvalue weighted by Crippen LogP contribution is -2.40. The first-order chi connectivity index (χ1) is 15.2. The fourth-order valence-corrected chi connectivity index (χ4v) is 4.21. The molecular formula is C22H24N6O3. The highest BCUT2D eigenvalue weighted by atomic mass is 16.5. The van der Waals surface area contributed by atoms with Crippen molar-refractivity contribution in [1.29, 1.82) is 0 Å². The highest BCUT2D eigenvalue weighted by molar-refractivity contribution is 5.96. The summed E-state index contributed by atoms with van der Waals surface area (Å²) in [5.41, 5.74) is 2.11. The van der Waals surface area contributed by atoms with Crippen molar-refractivity contribution in [3.8, 4) is 17.1 Å². The van der Waals surface area contributed by atoms with Gasteiger partial charge in [0, 0.05) is 56.6 Å². The number of aryl methyl sites for hydroxylation is 1. The van der Waals surface area contributed by atoms with Gasteiger partial charge in [-0.2, -0.15) is 10.2 Å². The van der Waals surface area contributed by atoms with Crippen molar-refractivity contribution in [2.45, 2.75) is 32.4 Å². The molecule has 0 unspecified atom stereocenters. The highest BCUT2D eigenvalue weighted by Gasteiger charge is 2.29. The molecule has 9 heteroatoms. The molecule has 0 radical (unpaired) electrons. The normalized spacial score (nSPS) is 16.6. The first-order valence-corrected chi connectivity index (χ1v) is 10.7. The van der Waals surface area contributed by atoms with Crippen LogP contribution in [0.2, 0.25) is 0 Å². The van der Waals surface area contributed by atoms with Crippen LogP contribution in [0.15, 0.2) is 47.7 Å². The first-order valence-electron chi connectivity index (χ1n) is 10.7. The molecule has 2 aliphatic heterocycles. The van der Waals surface area contributed by atoms with Gasteiger partial charge in [0.05, 0.1) is 18.5 Å². The number of hydrogen-bond acceptors (Lipinski definition) is 6. The van der Waals surface area contributed by atoms with Crippen molar-refractivity contribution >= 4 is 5.91 Å². The Bertz CT molecular complexity index is 1130. The van der Waals surface area contributed by atoms with Gasteiger partial charge in [-0.3, -0.25) is 14.6 Å². The highest BCUT2D eigenvalue weighted by Crippen LogP contribution is 2.26. The van der Waals surface area contributed by atoms with Gasteiger partial charge >= 0.3 is 0 Å². The molecule has 160 valence electrons. The van der Waals surface area contributed by atoms with E-state index in [4.69, 9.17) is 4.74 Å². The van der Waals surface area contributed by atoms with Gasteiger partial charge in [-0.05, 0) is 37.0 Å². The number of carbonyl (C=O) groups is 1. The summed E-state index contributed by atoms with van der Waals surface area (Å²) < 4.78 is 8.97. The van der Waals surface area contributed by atoms with Crippen molar-refractivity contribution in [2.24, 2.45) is 5.92 Å². The lowest BCUT2D eigenvalue weighted by atomic mass is 9.96. The second-order valence-electron chi connectivity index (χ2n) is 8.00. The summed E-state index contributed by atoms with van der Waals surface area (Å²) in [5, 5.41) is 8.83. The monoisotopic (exact) mass is 420 g/mol. The molecule has 0 aromatic carbocycles. The summed E-state index contributed by atoms with van der Waals surface area (Å²) in [7, 11) is 0. The van der Waals surface area contributed by atoms with Crippen LogP contribution in [0.5, 0.6) is 5.88 Å².